The van der Waals surface area contributed by atoms with Crippen LogP contribution in [0.3, 0.4) is 0 Å². The molecule has 0 saturated carbocycles. The molecular formula is C25H20BrCl2P. The van der Waals surface area contributed by atoms with Gasteiger partial charge < -0.3 is 0 Å². The van der Waals surface area contributed by atoms with E-state index in [4.69, 9.17) is 23.2 Å². The Bertz CT molecular complexity index is 1020. The van der Waals surface area contributed by atoms with Gasteiger partial charge in [-0.25, -0.2) is 0 Å². The van der Waals surface area contributed by atoms with Gasteiger partial charge in [-0.05, 0) is 0 Å². The van der Waals surface area contributed by atoms with Crippen LogP contribution in [0.5, 0.6) is 0 Å². The average molecular weight is 502 g/mol. The fraction of sp³-hybridized carbons (Fsp3) is 0.0400. The Morgan fingerprint density at radius 2 is 0.966 bits per heavy atom. The molecule has 4 aromatic carbocycles. The van der Waals surface area contributed by atoms with Gasteiger partial charge in [0.25, 0.3) is 0 Å². The standard InChI is InChI=1S/C25H20BrCl2P/c26-29(21-10-4-1-5-11-21,22-12-6-2-7-13-22,23-14-8-3-9-15-23)19-20-16-17-24(27)25(28)18-20/h1-18H,19H2. The van der Waals surface area contributed by atoms with Crippen LogP contribution < -0.4 is 15.9 Å². The molecule has 0 aliphatic rings. The van der Waals surface area contributed by atoms with E-state index in [0.717, 1.165) is 11.7 Å². The normalized spacial score (nSPS) is 12.9. The molecule has 4 heteroatoms. The maximum absolute atomic E-state index is 6.39. The first-order chi connectivity index (χ1) is 14.0. The van der Waals surface area contributed by atoms with Crippen molar-refractivity contribution >= 4 is 59.9 Å². The zero-order chi connectivity index (χ0) is 20.3. The van der Waals surface area contributed by atoms with Crippen molar-refractivity contribution in [3.05, 3.63) is 125 Å². The summed E-state index contributed by atoms with van der Waals surface area (Å²) in [7, 11) is 0. The molecule has 0 N–H and O–H groups in total. The van der Waals surface area contributed by atoms with Crippen LogP contribution in [-0.2, 0) is 6.16 Å². The van der Waals surface area contributed by atoms with E-state index in [1.807, 2.05) is 12.1 Å². The molecule has 0 bridgehead atoms. The minimum absolute atomic E-state index is 0.574. The zero-order valence-corrected chi connectivity index (χ0v) is 19.7. The van der Waals surface area contributed by atoms with Crippen molar-refractivity contribution in [3.8, 4) is 0 Å². The Balaban J connectivity index is 2.08. The van der Waals surface area contributed by atoms with Crippen molar-refractivity contribution in [2.75, 3.05) is 0 Å². The van der Waals surface area contributed by atoms with Gasteiger partial charge in [0, 0.05) is 0 Å². The van der Waals surface area contributed by atoms with Crippen molar-refractivity contribution in [3.63, 3.8) is 0 Å². The molecule has 0 saturated heterocycles. The number of hydrogen-bond donors (Lipinski definition) is 0. The molecule has 0 atom stereocenters. The van der Waals surface area contributed by atoms with Gasteiger partial charge in [-0.3, -0.25) is 0 Å². The van der Waals surface area contributed by atoms with E-state index in [1.165, 1.54) is 15.9 Å². The molecule has 29 heavy (non-hydrogen) atoms. The van der Waals surface area contributed by atoms with Crippen molar-refractivity contribution in [2.45, 2.75) is 6.16 Å². The second-order valence-corrected chi connectivity index (χ2v) is 16.8. The fourth-order valence-electron chi connectivity index (χ4n) is 3.92. The second kappa shape index (κ2) is 8.25. The molecule has 0 heterocycles. The van der Waals surface area contributed by atoms with E-state index in [2.05, 4.69) is 113 Å². The van der Waals surface area contributed by atoms with Gasteiger partial charge in [0.1, 0.15) is 0 Å². The Morgan fingerprint density at radius 3 is 1.34 bits per heavy atom. The van der Waals surface area contributed by atoms with Crippen LogP contribution in [0.2, 0.25) is 10.0 Å². The molecule has 0 nitrogen and oxygen atoms in total. The van der Waals surface area contributed by atoms with Crippen LogP contribution in [-0.4, -0.2) is 0 Å². The minimum atomic E-state index is -3.01. The zero-order valence-electron chi connectivity index (χ0n) is 15.7. The molecule has 146 valence electrons. The monoisotopic (exact) mass is 500 g/mol. The Hall–Kier alpha value is -1.63. The second-order valence-electron chi connectivity index (χ2n) is 7.10. The van der Waals surface area contributed by atoms with Crippen LogP contribution in [0.1, 0.15) is 5.56 Å². The van der Waals surface area contributed by atoms with Crippen molar-refractivity contribution in [1.82, 2.24) is 0 Å². The van der Waals surface area contributed by atoms with Gasteiger partial charge in [0.15, 0.2) is 0 Å². The first-order valence-corrected chi connectivity index (χ1v) is 14.6. The first-order valence-electron chi connectivity index (χ1n) is 9.36. The summed E-state index contributed by atoms with van der Waals surface area (Å²) in [5.74, 6) is 0. The van der Waals surface area contributed by atoms with Crippen LogP contribution in [0.25, 0.3) is 0 Å². The fourth-order valence-corrected chi connectivity index (χ4v) is 11.9. The van der Waals surface area contributed by atoms with Gasteiger partial charge in [-0.1, -0.05) is 0 Å². The predicted octanol–water partition coefficient (Wildman–Crippen LogP) is 7.33. The molecule has 0 aromatic heterocycles. The summed E-state index contributed by atoms with van der Waals surface area (Å²) < 4.78 is 0. The summed E-state index contributed by atoms with van der Waals surface area (Å²) in [6.07, 6.45) is 0.792. The van der Waals surface area contributed by atoms with E-state index in [1.54, 1.807) is 0 Å². The van der Waals surface area contributed by atoms with E-state index in [0.29, 0.717) is 10.0 Å². The molecular weight excluding hydrogens is 482 g/mol. The van der Waals surface area contributed by atoms with Crippen molar-refractivity contribution in [1.29, 1.82) is 0 Å². The number of halogens is 3. The van der Waals surface area contributed by atoms with Gasteiger partial charge in [-0.15, -0.1) is 0 Å². The molecule has 0 spiro atoms. The summed E-state index contributed by atoms with van der Waals surface area (Å²) in [6, 6.07) is 38.1. The third-order valence-corrected chi connectivity index (χ3v) is 15.6. The summed E-state index contributed by atoms with van der Waals surface area (Å²) in [4.78, 5) is 0. The number of rotatable bonds is 5. The van der Waals surface area contributed by atoms with Crippen molar-refractivity contribution < 1.29 is 0 Å². The molecule has 0 fully saturated rings. The molecule has 0 amide bonds. The molecule has 4 aromatic rings. The van der Waals surface area contributed by atoms with Crippen LogP contribution in [0.4, 0.5) is 0 Å². The first kappa shape index (κ1) is 20.6. The molecule has 4 rings (SSSR count). The Kier molecular flexibility index (Phi) is 5.87. The summed E-state index contributed by atoms with van der Waals surface area (Å²) in [5, 5.41) is 1.98. The maximum atomic E-state index is 6.39. The average Bonchev–Trinajstić information content (AvgIpc) is 2.78. The SMILES string of the molecule is Clc1ccc(CP(Br)(c2ccccc2)(c2ccccc2)c2ccccc2)cc1Cl. The molecule has 0 aliphatic carbocycles. The number of benzene rings is 4. The summed E-state index contributed by atoms with van der Waals surface area (Å²) >= 11 is 17.0. The van der Waals surface area contributed by atoms with Gasteiger partial charge in [-0.2, -0.15) is 0 Å². The van der Waals surface area contributed by atoms with Crippen LogP contribution in [0, 0.1) is 0 Å². The number of hydrogen-bond acceptors (Lipinski definition) is 0. The van der Waals surface area contributed by atoms with Crippen LogP contribution in [0.15, 0.2) is 109 Å². The van der Waals surface area contributed by atoms with Crippen LogP contribution >= 0.6 is 44.0 Å². The third kappa shape index (κ3) is 3.66. The van der Waals surface area contributed by atoms with E-state index < -0.39 is 5.31 Å². The quantitative estimate of drug-likeness (QED) is 0.251. The van der Waals surface area contributed by atoms with E-state index in [-0.39, 0.29) is 0 Å². The topological polar surface area (TPSA) is 0 Å². The molecule has 0 unspecified atom stereocenters. The van der Waals surface area contributed by atoms with Gasteiger partial charge in [0.05, 0.1) is 0 Å². The third-order valence-electron chi connectivity index (χ3n) is 5.35. The van der Waals surface area contributed by atoms with Crippen molar-refractivity contribution in [2.24, 2.45) is 0 Å². The van der Waals surface area contributed by atoms with E-state index >= 15 is 0 Å². The van der Waals surface area contributed by atoms with Gasteiger partial charge >= 0.3 is 191 Å². The molecule has 0 aliphatic heterocycles. The molecule has 0 radical (unpaired) electrons. The Morgan fingerprint density at radius 1 is 0.552 bits per heavy atom. The summed E-state index contributed by atoms with van der Waals surface area (Å²) in [5.41, 5.74) is 1.14. The Labute approximate surface area is 190 Å². The van der Waals surface area contributed by atoms with Gasteiger partial charge in [0.2, 0.25) is 0 Å². The summed E-state index contributed by atoms with van der Waals surface area (Å²) in [6.45, 7) is 0. The van der Waals surface area contributed by atoms with E-state index in [9.17, 15) is 0 Å². The predicted molar refractivity (Wildman–Crippen MR) is 134 cm³/mol.